The highest BCUT2D eigenvalue weighted by Gasteiger charge is 2.28. The van der Waals surface area contributed by atoms with Gasteiger partial charge >= 0.3 is 0 Å². The molecule has 27 heavy (non-hydrogen) atoms. The van der Waals surface area contributed by atoms with Crippen molar-refractivity contribution < 1.29 is 19.0 Å². The Hall–Kier alpha value is -2.15. The summed E-state index contributed by atoms with van der Waals surface area (Å²) in [6.07, 6.45) is 0.678. The first-order chi connectivity index (χ1) is 13.2. The molecule has 0 aromatic heterocycles. The fourth-order valence-corrected chi connectivity index (χ4v) is 3.93. The minimum atomic E-state index is -0.167. The zero-order chi connectivity index (χ0) is 18.6. The molecule has 2 aliphatic rings. The van der Waals surface area contributed by atoms with Crippen molar-refractivity contribution in [2.24, 2.45) is 0 Å². The van der Waals surface area contributed by atoms with Gasteiger partial charge in [-0.15, -0.1) is 0 Å². The Morgan fingerprint density at radius 2 is 1.85 bits per heavy atom. The number of hydrogen-bond acceptors (Lipinski definition) is 5. The molecule has 0 amide bonds. The second-order valence-corrected chi connectivity index (χ2v) is 7.11. The summed E-state index contributed by atoms with van der Waals surface area (Å²) in [6, 6.07) is 13.1. The lowest BCUT2D eigenvalue weighted by atomic mass is 10.1. The number of benzene rings is 2. The molecule has 1 fully saturated rings. The van der Waals surface area contributed by atoms with Crippen LogP contribution in [0.3, 0.4) is 0 Å². The summed E-state index contributed by atoms with van der Waals surface area (Å²) in [4.78, 5) is 4.65. The van der Waals surface area contributed by atoms with E-state index in [1.54, 1.807) is 6.07 Å². The van der Waals surface area contributed by atoms with Gasteiger partial charge in [0.15, 0.2) is 11.5 Å². The van der Waals surface area contributed by atoms with Crippen molar-refractivity contribution >= 4 is 0 Å². The van der Waals surface area contributed by atoms with E-state index in [-0.39, 0.29) is 25.3 Å². The van der Waals surface area contributed by atoms with Crippen LogP contribution in [-0.2, 0) is 13.1 Å². The van der Waals surface area contributed by atoms with E-state index in [1.165, 1.54) is 6.07 Å². The molecular weight excluding hydrogens is 347 g/mol. The second kappa shape index (κ2) is 8.25. The van der Waals surface area contributed by atoms with Crippen molar-refractivity contribution in [2.45, 2.75) is 25.6 Å². The summed E-state index contributed by atoms with van der Waals surface area (Å²) >= 11 is 0. The summed E-state index contributed by atoms with van der Waals surface area (Å²) < 4.78 is 25.1. The Labute approximate surface area is 158 Å². The molecule has 0 aliphatic carbocycles. The summed E-state index contributed by atoms with van der Waals surface area (Å²) in [5.74, 6) is 1.47. The fraction of sp³-hybridized carbons (Fsp3) is 0.429. The molecule has 1 saturated heterocycles. The van der Waals surface area contributed by atoms with E-state index >= 15 is 0 Å². The Bertz CT molecular complexity index is 786. The molecule has 0 radical (unpaired) electrons. The highest BCUT2D eigenvalue weighted by Crippen LogP contribution is 2.36. The Balaban J connectivity index is 1.43. The molecule has 0 bridgehead atoms. The summed E-state index contributed by atoms with van der Waals surface area (Å²) in [6.45, 7) is 4.32. The molecule has 2 aliphatic heterocycles. The van der Waals surface area contributed by atoms with Crippen molar-refractivity contribution in [3.05, 3.63) is 59.4 Å². The molecule has 0 saturated carbocycles. The van der Waals surface area contributed by atoms with Crippen LogP contribution in [0.4, 0.5) is 4.39 Å². The van der Waals surface area contributed by atoms with Gasteiger partial charge in [0.1, 0.15) is 5.82 Å². The fourth-order valence-electron chi connectivity index (χ4n) is 3.93. The van der Waals surface area contributed by atoms with Crippen molar-refractivity contribution in [3.8, 4) is 11.5 Å². The average Bonchev–Trinajstić information content (AvgIpc) is 3.16. The number of rotatable bonds is 6. The van der Waals surface area contributed by atoms with Gasteiger partial charge in [-0.1, -0.05) is 30.3 Å². The molecule has 2 aromatic rings. The summed E-state index contributed by atoms with van der Waals surface area (Å²) in [5.41, 5.74) is 1.83. The van der Waals surface area contributed by atoms with E-state index in [4.69, 9.17) is 9.47 Å². The van der Waals surface area contributed by atoms with Gasteiger partial charge in [0.25, 0.3) is 0 Å². The molecule has 2 aromatic carbocycles. The summed E-state index contributed by atoms with van der Waals surface area (Å²) in [7, 11) is 0. The predicted molar refractivity (Wildman–Crippen MR) is 100 cm³/mol. The van der Waals surface area contributed by atoms with E-state index < -0.39 is 0 Å². The quantitative estimate of drug-likeness (QED) is 0.845. The Morgan fingerprint density at radius 3 is 2.70 bits per heavy atom. The largest absolute Gasteiger partial charge is 0.454 e. The zero-order valence-corrected chi connectivity index (χ0v) is 15.3. The molecule has 0 spiro atoms. The first-order valence-electron chi connectivity index (χ1n) is 9.43. The van der Waals surface area contributed by atoms with Crippen LogP contribution in [0, 0.1) is 5.82 Å². The minimum absolute atomic E-state index is 0.129. The predicted octanol–water partition coefficient (Wildman–Crippen LogP) is 2.62. The van der Waals surface area contributed by atoms with Crippen molar-refractivity contribution in [2.75, 3.05) is 33.0 Å². The maximum absolute atomic E-state index is 14.0. The van der Waals surface area contributed by atoms with Crippen LogP contribution in [-0.4, -0.2) is 54.0 Å². The maximum Gasteiger partial charge on any atom is 0.231 e. The standard InChI is InChI=1S/C21H25FN2O3/c22-19-6-2-1-4-16(19)13-24-10-9-23(14-18(24)8-11-25)12-17-5-3-7-20-21(17)27-15-26-20/h1-7,18,25H,8-15H2/t18-/m0/s1. The first kappa shape index (κ1) is 18.2. The maximum atomic E-state index is 14.0. The normalized spacial score (nSPS) is 20.1. The van der Waals surface area contributed by atoms with Gasteiger partial charge in [0.05, 0.1) is 0 Å². The number of halogens is 1. The lowest BCUT2D eigenvalue weighted by molar-refractivity contribution is 0.0488. The van der Waals surface area contributed by atoms with Crippen molar-refractivity contribution in [3.63, 3.8) is 0 Å². The molecule has 1 atom stereocenters. The first-order valence-corrected chi connectivity index (χ1v) is 9.43. The van der Waals surface area contributed by atoms with Crippen molar-refractivity contribution in [1.82, 2.24) is 9.80 Å². The number of piperazine rings is 1. The number of hydrogen-bond donors (Lipinski definition) is 1. The highest BCUT2D eigenvalue weighted by atomic mass is 19.1. The second-order valence-electron chi connectivity index (χ2n) is 7.11. The third kappa shape index (κ3) is 4.08. The minimum Gasteiger partial charge on any atom is -0.454 e. The van der Waals surface area contributed by atoms with Crippen LogP contribution in [0.5, 0.6) is 11.5 Å². The van der Waals surface area contributed by atoms with Crippen LogP contribution in [0.1, 0.15) is 17.5 Å². The molecular formula is C21H25FN2O3. The Kier molecular flexibility index (Phi) is 5.57. The zero-order valence-electron chi connectivity index (χ0n) is 15.3. The molecule has 5 nitrogen and oxygen atoms in total. The number of ether oxygens (including phenoxy) is 2. The third-order valence-electron chi connectivity index (χ3n) is 5.35. The van der Waals surface area contributed by atoms with E-state index in [2.05, 4.69) is 15.9 Å². The van der Waals surface area contributed by atoms with Crippen LogP contribution >= 0.6 is 0 Å². The van der Waals surface area contributed by atoms with Gasteiger partial charge in [-0.3, -0.25) is 9.80 Å². The molecule has 2 heterocycles. The van der Waals surface area contributed by atoms with E-state index in [9.17, 15) is 9.50 Å². The molecule has 6 heteroatoms. The van der Waals surface area contributed by atoms with E-state index in [0.29, 0.717) is 18.5 Å². The van der Waals surface area contributed by atoms with Gasteiger partial charge < -0.3 is 14.6 Å². The number of nitrogens with zero attached hydrogens (tertiary/aromatic N) is 2. The van der Waals surface area contributed by atoms with Crippen LogP contribution in [0.15, 0.2) is 42.5 Å². The topological polar surface area (TPSA) is 45.2 Å². The number of fused-ring (bicyclic) bond motifs is 1. The molecule has 0 unspecified atom stereocenters. The molecule has 144 valence electrons. The number of para-hydroxylation sites is 1. The van der Waals surface area contributed by atoms with Crippen LogP contribution in [0.25, 0.3) is 0 Å². The lowest BCUT2D eigenvalue weighted by Crippen LogP contribution is -2.52. The molecule has 4 rings (SSSR count). The SMILES string of the molecule is OCC[C@H]1CN(Cc2cccc3c2OCO3)CCN1Cc1ccccc1F. The van der Waals surface area contributed by atoms with Crippen LogP contribution < -0.4 is 9.47 Å². The van der Waals surface area contributed by atoms with Crippen LogP contribution in [0.2, 0.25) is 0 Å². The van der Waals surface area contributed by atoms with Crippen molar-refractivity contribution in [1.29, 1.82) is 0 Å². The average molecular weight is 372 g/mol. The molecule has 1 N–H and O–H groups in total. The van der Waals surface area contributed by atoms with E-state index in [0.717, 1.165) is 43.2 Å². The smallest absolute Gasteiger partial charge is 0.231 e. The summed E-state index contributed by atoms with van der Waals surface area (Å²) in [5, 5.41) is 9.50. The monoisotopic (exact) mass is 372 g/mol. The Morgan fingerprint density at radius 1 is 1.00 bits per heavy atom. The number of aliphatic hydroxyl groups is 1. The van der Waals surface area contributed by atoms with Gasteiger partial charge in [0.2, 0.25) is 6.79 Å². The highest BCUT2D eigenvalue weighted by molar-refractivity contribution is 5.48. The lowest BCUT2D eigenvalue weighted by Gasteiger charge is -2.41. The number of aliphatic hydroxyl groups excluding tert-OH is 1. The van der Waals surface area contributed by atoms with Gasteiger partial charge in [-0.2, -0.15) is 0 Å². The van der Waals surface area contributed by atoms with Gasteiger partial charge in [0, 0.05) is 56.5 Å². The third-order valence-corrected chi connectivity index (χ3v) is 5.35. The van der Waals surface area contributed by atoms with E-state index in [1.807, 2.05) is 24.3 Å². The van der Waals surface area contributed by atoms with Gasteiger partial charge in [-0.25, -0.2) is 4.39 Å². The van der Waals surface area contributed by atoms with Gasteiger partial charge in [-0.05, 0) is 18.6 Å².